The highest BCUT2D eigenvalue weighted by atomic mass is 35.5. The first kappa shape index (κ1) is 14.9. The molecule has 3 N–H and O–H groups in total. The van der Waals surface area contributed by atoms with Crippen molar-refractivity contribution >= 4 is 23.2 Å². The van der Waals surface area contributed by atoms with Crippen LogP contribution in [0.1, 0.15) is 15.9 Å². The third kappa shape index (κ3) is 3.97. The molecule has 21 heavy (non-hydrogen) atoms. The number of amides is 1. The monoisotopic (exact) mass is 303 g/mol. The van der Waals surface area contributed by atoms with E-state index in [1.165, 1.54) is 18.2 Å². The number of phenols is 1. The van der Waals surface area contributed by atoms with Crippen molar-refractivity contribution in [2.45, 2.75) is 6.54 Å². The minimum atomic E-state index is -0.725. The van der Waals surface area contributed by atoms with Gasteiger partial charge in [-0.1, -0.05) is 23.7 Å². The zero-order valence-corrected chi connectivity index (χ0v) is 11.7. The van der Waals surface area contributed by atoms with Gasteiger partial charge in [0.2, 0.25) is 10.0 Å². The Bertz CT molecular complexity index is 722. The maximum absolute atomic E-state index is 11.8. The zero-order valence-electron chi connectivity index (χ0n) is 10.9. The summed E-state index contributed by atoms with van der Waals surface area (Å²) in [7, 11) is 0. The molecule has 0 bridgehead atoms. The maximum atomic E-state index is 11.8. The summed E-state index contributed by atoms with van der Waals surface area (Å²) in [6.07, 6.45) is 0. The van der Waals surface area contributed by atoms with E-state index in [2.05, 4.69) is 15.1 Å². The quantitative estimate of drug-likeness (QED) is 0.673. The van der Waals surface area contributed by atoms with Gasteiger partial charge in [0.1, 0.15) is 5.75 Å². The van der Waals surface area contributed by atoms with Crippen LogP contribution in [-0.2, 0) is 6.54 Å². The minimum absolute atomic E-state index is 0.0278. The molecule has 0 saturated heterocycles. The van der Waals surface area contributed by atoms with Crippen molar-refractivity contribution in [3.8, 4) is 5.75 Å². The lowest BCUT2D eigenvalue weighted by Gasteiger charge is -1.96. The molecule has 0 atom stereocenters. The summed E-state index contributed by atoms with van der Waals surface area (Å²) in [5, 5.41) is 17.1. The highest BCUT2D eigenvalue weighted by Gasteiger charge is 2.15. The number of aromatic hydroxyl groups is 1. The third-order valence-corrected chi connectivity index (χ3v) is 2.89. The van der Waals surface area contributed by atoms with E-state index in [4.69, 9.17) is 17.3 Å². The van der Waals surface area contributed by atoms with Gasteiger partial charge in [0, 0.05) is 11.6 Å². The summed E-state index contributed by atoms with van der Waals surface area (Å²) in [6, 6.07) is 11.1. The molecular formula is C14H12ClN4O2+. The van der Waals surface area contributed by atoms with Crippen LogP contribution in [0.2, 0.25) is 5.02 Å². The van der Waals surface area contributed by atoms with Crippen LogP contribution < -0.4 is 10.6 Å². The zero-order chi connectivity index (χ0) is 15.2. The Balaban J connectivity index is 2.17. The van der Waals surface area contributed by atoms with Gasteiger partial charge in [0.15, 0.2) is 10.8 Å². The molecular weight excluding hydrogens is 292 g/mol. The second-order valence-electron chi connectivity index (χ2n) is 4.13. The van der Waals surface area contributed by atoms with Crippen molar-refractivity contribution in [2.75, 3.05) is 0 Å². The van der Waals surface area contributed by atoms with Crippen LogP contribution in [0.15, 0.2) is 52.7 Å². The molecule has 0 aliphatic carbocycles. The van der Waals surface area contributed by atoms with Crippen molar-refractivity contribution in [1.82, 2.24) is 4.91 Å². The Morgan fingerprint density at radius 1 is 1.24 bits per heavy atom. The summed E-state index contributed by atoms with van der Waals surface area (Å²) >= 11 is 5.75. The Labute approximate surface area is 125 Å². The van der Waals surface area contributed by atoms with Gasteiger partial charge in [0.25, 0.3) is 0 Å². The van der Waals surface area contributed by atoms with Crippen molar-refractivity contribution in [3.05, 3.63) is 58.6 Å². The fourth-order valence-corrected chi connectivity index (χ4v) is 1.72. The minimum Gasteiger partial charge on any atom is -0.507 e. The molecule has 1 amide bonds. The molecule has 0 heterocycles. The van der Waals surface area contributed by atoms with Gasteiger partial charge in [-0.2, -0.15) is 0 Å². The Hall–Kier alpha value is -2.53. The number of nitrogens with zero attached hydrogens (tertiary/aromatic N) is 3. The average Bonchev–Trinajstić information content (AvgIpc) is 2.50. The van der Waals surface area contributed by atoms with Gasteiger partial charge in [-0.3, -0.25) is 4.79 Å². The van der Waals surface area contributed by atoms with E-state index < -0.39 is 5.91 Å². The molecule has 0 aromatic heterocycles. The molecule has 106 valence electrons. The molecule has 0 saturated carbocycles. The number of benzene rings is 2. The number of carbonyl (C=O) groups excluding carboxylic acids is 1. The highest BCUT2D eigenvalue weighted by molar-refractivity contribution is 6.31. The second kappa shape index (κ2) is 6.76. The molecule has 0 aliphatic rings. The molecule has 2 aromatic carbocycles. The van der Waals surface area contributed by atoms with E-state index in [1.807, 2.05) is 0 Å². The number of nitrogens with two attached hydrogens (primary N) is 1. The summed E-state index contributed by atoms with van der Waals surface area (Å²) in [5.41, 5.74) is 6.96. The fourth-order valence-electron chi connectivity index (χ4n) is 1.55. The van der Waals surface area contributed by atoms with Crippen LogP contribution in [0.5, 0.6) is 5.75 Å². The van der Waals surface area contributed by atoms with Crippen LogP contribution in [0.3, 0.4) is 0 Å². The van der Waals surface area contributed by atoms with Gasteiger partial charge in [0.05, 0.1) is 5.56 Å². The van der Waals surface area contributed by atoms with E-state index in [0.717, 1.165) is 5.56 Å². The van der Waals surface area contributed by atoms with E-state index >= 15 is 0 Å². The lowest BCUT2D eigenvalue weighted by atomic mass is 10.2. The first-order chi connectivity index (χ1) is 10.1. The van der Waals surface area contributed by atoms with Crippen LogP contribution >= 0.6 is 11.6 Å². The molecule has 0 spiro atoms. The average molecular weight is 304 g/mol. The first-order valence-electron chi connectivity index (χ1n) is 6.04. The van der Waals surface area contributed by atoms with E-state index in [9.17, 15) is 9.90 Å². The van der Waals surface area contributed by atoms with E-state index in [0.29, 0.717) is 17.3 Å². The topological polar surface area (TPSA) is 102 Å². The van der Waals surface area contributed by atoms with Crippen molar-refractivity contribution in [3.63, 3.8) is 0 Å². The lowest BCUT2D eigenvalue weighted by Crippen LogP contribution is -1.95. The van der Waals surface area contributed by atoms with Gasteiger partial charge in [-0.25, -0.2) is 0 Å². The van der Waals surface area contributed by atoms with Crippen LogP contribution in [-0.4, -0.2) is 11.0 Å². The van der Waals surface area contributed by atoms with Crippen LogP contribution in [0, 0.1) is 0 Å². The predicted molar refractivity (Wildman–Crippen MR) is 78.4 cm³/mol. The smallest absolute Gasteiger partial charge is 0.364 e. The molecule has 0 radical (unpaired) electrons. The standard InChI is InChI=1S/C14H11ClN4O2/c15-10-3-6-13(20)12(7-10)14(21)18-19-17-11-4-1-9(8-16)2-5-11/h1-7H,8,16H2/p+1. The molecule has 6 nitrogen and oxygen atoms in total. The fraction of sp³-hybridized carbons (Fsp3) is 0.0714. The molecule has 2 rings (SSSR count). The Kier molecular flexibility index (Phi) is 4.79. The molecule has 0 unspecified atom stereocenters. The van der Waals surface area contributed by atoms with E-state index in [1.54, 1.807) is 24.3 Å². The van der Waals surface area contributed by atoms with Gasteiger partial charge >= 0.3 is 5.91 Å². The molecule has 7 heteroatoms. The predicted octanol–water partition coefficient (Wildman–Crippen LogP) is 2.95. The second-order valence-corrected chi connectivity index (χ2v) is 4.56. The number of carbonyl (C=O) groups is 1. The van der Waals surface area contributed by atoms with Crippen LogP contribution in [0.25, 0.3) is 0 Å². The number of rotatable bonds is 3. The molecule has 0 fully saturated rings. The number of hydrogen-bond acceptors (Lipinski definition) is 4. The number of phenolic OH excluding ortho intramolecular Hbond substituents is 1. The van der Waals surface area contributed by atoms with Gasteiger partial charge in [-0.15, -0.1) is 0 Å². The summed E-state index contributed by atoms with van der Waals surface area (Å²) in [6.45, 7) is 0.439. The molecule has 2 aromatic rings. The normalized spacial score (nSPS) is 9.81. The largest absolute Gasteiger partial charge is 0.507 e. The lowest BCUT2D eigenvalue weighted by molar-refractivity contribution is 0.0990. The van der Waals surface area contributed by atoms with Crippen molar-refractivity contribution in [2.24, 2.45) is 16.0 Å². The SMILES string of the molecule is NCc1ccc(N=[N+]=NC(=O)c2cc(Cl)ccc2O)cc1. The Morgan fingerprint density at radius 2 is 1.95 bits per heavy atom. The van der Waals surface area contributed by atoms with Crippen molar-refractivity contribution < 1.29 is 9.90 Å². The van der Waals surface area contributed by atoms with Gasteiger partial charge < -0.3 is 10.8 Å². The molecule has 0 aliphatic heterocycles. The summed E-state index contributed by atoms with van der Waals surface area (Å²) in [5.74, 6) is -0.937. The van der Waals surface area contributed by atoms with E-state index in [-0.39, 0.29) is 11.3 Å². The third-order valence-electron chi connectivity index (χ3n) is 2.66. The van der Waals surface area contributed by atoms with Crippen LogP contribution in [0.4, 0.5) is 5.69 Å². The van der Waals surface area contributed by atoms with Gasteiger partial charge in [-0.05, 0) is 35.9 Å². The first-order valence-corrected chi connectivity index (χ1v) is 6.41. The summed E-state index contributed by atoms with van der Waals surface area (Å²) < 4.78 is 0. The number of hydrogen-bond donors (Lipinski definition) is 2. The van der Waals surface area contributed by atoms with Crippen molar-refractivity contribution in [1.29, 1.82) is 0 Å². The Morgan fingerprint density at radius 3 is 2.62 bits per heavy atom. The summed E-state index contributed by atoms with van der Waals surface area (Å²) in [4.78, 5) is 15.2. The highest BCUT2D eigenvalue weighted by Crippen LogP contribution is 2.22. The maximum Gasteiger partial charge on any atom is 0.364 e. The number of halogens is 1.